The molecule has 5 nitrogen and oxygen atoms in total. The first-order valence-electron chi connectivity index (χ1n) is 9.10. The monoisotopic (exact) mass is 346 g/mol. The SMILES string of the molecule is O=C(c1ccccc1)N1CCCC(Cc2nncn2-c2ccccc2)C1. The quantitative estimate of drug-likeness (QED) is 0.728. The average molecular weight is 346 g/mol. The van der Waals surface area contributed by atoms with Crippen molar-refractivity contribution in [3.05, 3.63) is 78.4 Å². The summed E-state index contributed by atoms with van der Waals surface area (Å²) < 4.78 is 2.04. The van der Waals surface area contributed by atoms with Gasteiger partial charge in [-0.1, -0.05) is 36.4 Å². The predicted molar refractivity (Wildman–Crippen MR) is 100 cm³/mol. The largest absolute Gasteiger partial charge is 0.338 e. The van der Waals surface area contributed by atoms with E-state index in [1.54, 1.807) is 6.33 Å². The number of para-hydroxylation sites is 1. The fraction of sp³-hybridized carbons (Fsp3) is 0.286. The molecular formula is C21H22N4O. The van der Waals surface area contributed by atoms with Gasteiger partial charge < -0.3 is 4.90 Å². The van der Waals surface area contributed by atoms with E-state index in [4.69, 9.17) is 0 Å². The van der Waals surface area contributed by atoms with Crippen LogP contribution in [0.5, 0.6) is 0 Å². The Bertz CT molecular complexity index is 860. The lowest BCUT2D eigenvalue weighted by Crippen LogP contribution is -2.40. The molecule has 1 aliphatic rings. The summed E-state index contributed by atoms with van der Waals surface area (Å²) in [4.78, 5) is 14.7. The molecule has 1 aromatic heterocycles. The number of amides is 1. The van der Waals surface area contributed by atoms with Gasteiger partial charge in [0.25, 0.3) is 5.91 Å². The molecule has 0 spiro atoms. The average Bonchev–Trinajstić information content (AvgIpc) is 3.17. The Labute approximate surface area is 153 Å². The number of benzene rings is 2. The van der Waals surface area contributed by atoms with Crippen LogP contribution in [-0.2, 0) is 6.42 Å². The zero-order chi connectivity index (χ0) is 17.8. The number of carbonyl (C=O) groups excluding carboxylic acids is 1. The van der Waals surface area contributed by atoms with Crippen LogP contribution in [0.3, 0.4) is 0 Å². The van der Waals surface area contributed by atoms with Gasteiger partial charge in [0.2, 0.25) is 0 Å². The molecule has 0 saturated carbocycles. The van der Waals surface area contributed by atoms with E-state index in [0.717, 1.165) is 49.4 Å². The number of carbonyl (C=O) groups is 1. The highest BCUT2D eigenvalue weighted by Gasteiger charge is 2.26. The second-order valence-corrected chi connectivity index (χ2v) is 6.78. The summed E-state index contributed by atoms with van der Waals surface area (Å²) in [7, 11) is 0. The number of likely N-dealkylation sites (tertiary alicyclic amines) is 1. The number of aromatic nitrogens is 3. The summed E-state index contributed by atoms with van der Waals surface area (Å²) in [6, 6.07) is 19.7. The molecule has 1 saturated heterocycles. The highest BCUT2D eigenvalue weighted by atomic mass is 16.2. The van der Waals surface area contributed by atoms with Crippen molar-refractivity contribution in [2.24, 2.45) is 5.92 Å². The molecule has 1 amide bonds. The maximum Gasteiger partial charge on any atom is 0.253 e. The van der Waals surface area contributed by atoms with Crippen molar-refractivity contribution in [3.8, 4) is 5.69 Å². The van der Waals surface area contributed by atoms with Gasteiger partial charge in [-0.05, 0) is 43.0 Å². The third-order valence-corrected chi connectivity index (χ3v) is 4.95. The van der Waals surface area contributed by atoms with Crippen molar-refractivity contribution in [2.45, 2.75) is 19.3 Å². The summed E-state index contributed by atoms with van der Waals surface area (Å²) in [5, 5.41) is 8.42. The summed E-state index contributed by atoms with van der Waals surface area (Å²) in [5.41, 5.74) is 1.83. The second kappa shape index (κ2) is 7.52. The lowest BCUT2D eigenvalue weighted by molar-refractivity contribution is 0.0672. The third-order valence-electron chi connectivity index (χ3n) is 4.95. The van der Waals surface area contributed by atoms with Crippen LogP contribution >= 0.6 is 0 Å². The standard InChI is InChI=1S/C21H22N4O/c26-21(18-9-3-1-4-10-18)24-13-7-8-17(15-24)14-20-23-22-16-25(20)19-11-5-2-6-12-19/h1-6,9-12,16-17H,7-8,13-15H2. The number of rotatable bonds is 4. The van der Waals surface area contributed by atoms with Crippen LogP contribution < -0.4 is 0 Å². The van der Waals surface area contributed by atoms with Crippen LogP contribution in [0.25, 0.3) is 5.69 Å². The van der Waals surface area contributed by atoms with Gasteiger partial charge >= 0.3 is 0 Å². The van der Waals surface area contributed by atoms with E-state index in [9.17, 15) is 4.79 Å². The van der Waals surface area contributed by atoms with Crippen molar-refractivity contribution < 1.29 is 4.79 Å². The van der Waals surface area contributed by atoms with E-state index < -0.39 is 0 Å². The Morgan fingerprint density at radius 3 is 2.54 bits per heavy atom. The molecule has 1 unspecified atom stereocenters. The van der Waals surface area contributed by atoms with Gasteiger partial charge in [-0.2, -0.15) is 0 Å². The number of hydrogen-bond acceptors (Lipinski definition) is 3. The topological polar surface area (TPSA) is 51.0 Å². The van der Waals surface area contributed by atoms with Crippen LogP contribution in [0.15, 0.2) is 67.0 Å². The van der Waals surface area contributed by atoms with E-state index in [-0.39, 0.29) is 5.91 Å². The van der Waals surface area contributed by atoms with E-state index in [1.807, 2.05) is 58.0 Å². The molecular weight excluding hydrogens is 324 g/mol. The van der Waals surface area contributed by atoms with Gasteiger partial charge in [0, 0.05) is 30.8 Å². The maximum absolute atomic E-state index is 12.7. The van der Waals surface area contributed by atoms with Gasteiger partial charge in [-0.25, -0.2) is 0 Å². The fourth-order valence-electron chi connectivity index (χ4n) is 3.64. The number of nitrogens with zero attached hydrogens (tertiary/aromatic N) is 4. The van der Waals surface area contributed by atoms with Gasteiger partial charge in [0.05, 0.1) is 0 Å². The molecule has 0 aliphatic carbocycles. The van der Waals surface area contributed by atoms with Gasteiger partial charge in [0.15, 0.2) is 0 Å². The highest BCUT2D eigenvalue weighted by Crippen LogP contribution is 2.22. The highest BCUT2D eigenvalue weighted by molar-refractivity contribution is 5.94. The Hall–Kier alpha value is -2.95. The molecule has 132 valence electrons. The first-order chi connectivity index (χ1) is 12.8. The van der Waals surface area contributed by atoms with Crippen LogP contribution in [0.2, 0.25) is 0 Å². The van der Waals surface area contributed by atoms with E-state index in [2.05, 4.69) is 22.3 Å². The molecule has 2 aromatic carbocycles. The third kappa shape index (κ3) is 3.52. The normalized spacial score (nSPS) is 17.2. The van der Waals surface area contributed by atoms with Gasteiger partial charge in [-0.15, -0.1) is 10.2 Å². The summed E-state index contributed by atoms with van der Waals surface area (Å²) in [5.74, 6) is 1.48. The molecule has 0 radical (unpaired) electrons. The molecule has 0 N–H and O–H groups in total. The molecule has 1 aliphatic heterocycles. The minimum Gasteiger partial charge on any atom is -0.338 e. The first-order valence-corrected chi connectivity index (χ1v) is 9.10. The molecule has 4 rings (SSSR count). The van der Waals surface area contributed by atoms with E-state index in [0.29, 0.717) is 5.92 Å². The summed E-state index contributed by atoms with van der Waals surface area (Å²) in [6.45, 7) is 1.60. The Morgan fingerprint density at radius 1 is 1.04 bits per heavy atom. The molecule has 2 heterocycles. The second-order valence-electron chi connectivity index (χ2n) is 6.78. The molecule has 5 heteroatoms. The van der Waals surface area contributed by atoms with Crippen LogP contribution in [0.1, 0.15) is 29.0 Å². The van der Waals surface area contributed by atoms with Crippen LogP contribution in [-0.4, -0.2) is 38.7 Å². The van der Waals surface area contributed by atoms with Gasteiger partial charge in [0.1, 0.15) is 12.2 Å². The molecule has 0 bridgehead atoms. The lowest BCUT2D eigenvalue weighted by Gasteiger charge is -2.32. The van der Waals surface area contributed by atoms with Crippen molar-refractivity contribution >= 4 is 5.91 Å². The van der Waals surface area contributed by atoms with E-state index >= 15 is 0 Å². The molecule has 1 fully saturated rings. The molecule has 26 heavy (non-hydrogen) atoms. The van der Waals surface area contributed by atoms with Crippen molar-refractivity contribution in [1.29, 1.82) is 0 Å². The van der Waals surface area contributed by atoms with E-state index in [1.165, 1.54) is 0 Å². The summed E-state index contributed by atoms with van der Waals surface area (Å²) in [6.07, 6.45) is 4.73. The van der Waals surface area contributed by atoms with Crippen LogP contribution in [0.4, 0.5) is 0 Å². The van der Waals surface area contributed by atoms with Crippen molar-refractivity contribution in [1.82, 2.24) is 19.7 Å². The van der Waals surface area contributed by atoms with Crippen molar-refractivity contribution in [2.75, 3.05) is 13.1 Å². The summed E-state index contributed by atoms with van der Waals surface area (Å²) >= 11 is 0. The first kappa shape index (κ1) is 16.5. The molecule has 1 atom stereocenters. The maximum atomic E-state index is 12.7. The van der Waals surface area contributed by atoms with Crippen LogP contribution in [0, 0.1) is 5.92 Å². The van der Waals surface area contributed by atoms with Crippen molar-refractivity contribution in [3.63, 3.8) is 0 Å². The Kier molecular flexibility index (Phi) is 4.78. The van der Waals surface area contributed by atoms with Gasteiger partial charge in [-0.3, -0.25) is 9.36 Å². The minimum atomic E-state index is 0.125. The fourth-order valence-corrected chi connectivity index (χ4v) is 3.64. The zero-order valence-electron chi connectivity index (χ0n) is 14.7. The number of piperidine rings is 1. The smallest absolute Gasteiger partial charge is 0.253 e. The number of hydrogen-bond donors (Lipinski definition) is 0. The Balaban J connectivity index is 1.47. The Morgan fingerprint density at radius 2 is 1.77 bits per heavy atom. The predicted octanol–water partition coefficient (Wildman–Crippen LogP) is 3.36. The zero-order valence-corrected chi connectivity index (χ0v) is 14.7. The lowest BCUT2D eigenvalue weighted by atomic mass is 9.94. The molecule has 3 aromatic rings. The minimum absolute atomic E-state index is 0.125.